The maximum atomic E-state index is 5.51. The molecule has 0 saturated heterocycles. The lowest BCUT2D eigenvalue weighted by Gasteiger charge is -2.14. The molecule has 1 rings (SSSR count). The molecule has 1 aliphatic carbocycles. The van der Waals surface area contributed by atoms with Crippen molar-refractivity contribution in [3.05, 3.63) is 22.2 Å². The van der Waals surface area contributed by atoms with Crippen LogP contribution < -0.4 is 5.73 Å². The molecule has 0 fully saturated rings. The van der Waals surface area contributed by atoms with Crippen LogP contribution in [0.2, 0.25) is 0 Å². The fourth-order valence-corrected chi connectivity index (χ4v) is 1.96. The highest BCUT2D eigenvalue weighted by molar-refractivity contribution is 9.11. The predicted molar refractivity (Wildman–Crippen MR) is 47.9 cm³/mol. The van der Waals surface area contributed by atoms with Crippen LogP contribution in [0.5, 0.6) is 0 Å². The van der Waals surface area contributed by atoms with E-state index in [-0.39, 0.29) is 0 Å². The van der Waals surface area contributed by atoms with Gasteiger partial charge in [-0.15, -0.1) is 0 Å². The lowest BCUT2D eigenvalue weighted by Crippen LogP contribution is -2.08. The number of hydrogen-bond acceptors (Lipinski definition) is 1. The molecule has 0 spiro atoms. The largest absolute Gasteiger partial charge is 0.327 e. The van der Waals surface area contributed by atoms with Crippen LogP contribution in [0.15, 0.2) is 22.2 Å². The summed E-state index contributed by atoms with van der Waals surface area (Å²) in [4.78, 5) is 0. The molecule has 1 unspecified atom stereocenters. The summed E-state index contributed by atoms with van der Waals surface area (Å²) in [5.41, 5.74) is 6.85. The minimum atomic E-state index is 0.637. The van der Waals surface area contributed by atoms with E-state index in [0.717, 1.165) is 6.42 Å². The van der Waals surface area contributed by atoms with Crippen LogP contribution in [0.3, 0.4) is 0 Å². The van der Waals surface area contributed by atoms with Crippen molar-refractivity contribution in [2.75, 3.05) is 6.54 Å². The number of hydrogen-bond donors (Lipinski definition) is 1. The fourth-order valence-electron chi connectivity index (χ4n) is 1.19. The van der Waals surface area contributed by atoms with Gasteiger partial charge in [-0.05, 0) is 18.4 Å². The summed E-state index contributed by atoms with van der Waals surface area (Å²) in [5, 5.41) is 0. The van der Waals surface area contributed by atoms with Crippen molar-refractivity contribution in [1.29, 1.82) is 0 Å². The van der Waals surface area contributed by atoms with Crippen molar-refractivity contribution in [2.24, 2.45) is 11.7 Å². The minimum Gasteiger partial charge on any atom is -0.327 e. The number of rotatable bonds is 1. The Labute approximate surface area is 70.1 Å². The Hall–Kier alpha value is -0.0800. The molecule has 0 aromatic carbocycles. The van der Waals surface area contributed by atoms with E-state index < -0.39 is 0 Å². The van der Waals surface area contributed by atoms with Crippen molar-refractivity contribution >= 4 is 15.9 Å². The number of allylic oxidation sites excluding steroid dienone is 3. The van der Waals surface area contributed by atoms with Crippen molar-refractivity contribution in [3.63, 3.8) is 0 Å². The highest BCUT2D eigenvalue weighted by atomic mass is 79.9. The van der Waals surface area contributed by atoms with Crippen LogP contribution in [0, 0.1) is 5.92 Å². The second-order valence-corrected chi connectivity index (χ2v) is 3.66. The second kappa shape index (κ2) is 3.35. The molecule has 10 heavy (non-hydrogen) atoms. The topological polar surface area (TPSA) is 26.0 Å². The molecule has 56 valence electrons. The molecular formula is C8H12BrN. The lowest BCUT2D eigenvalue weighted by molar-refractivity contribution is 0.695. The van der Waals surface area contributed by atoms with E-state index in [1.807, 2.05) is 0 Å². The second-order valence-electron chi connectivity index (χ2n) is 2.74. The quantitative estimate of drug-likeness (QED) is 0.692. The summed E-state index contributed by atoms with van der Waals surface area (Å²) in [6, 6.07) is 0. The normalized spacial score (nSPS) is 25.7. The molecule has 0 amide bonds. The van der Waals surface area contributed by atoms with Gasteiger partial charge in [0.05, 0.1) is 0 Å². The third-order valence-electron chi connectivity index (χ3n) is 1.63. The Morgan fingerprint density at radius 2 is 2.50 bits per heavy atom. The van der Waals surface area contributed by atoms with Gasteiger partial charge in [-0.2, -0.15) is 0 Å². The minimum absolute atomic E-state index is 0.637. The van der Waals surface area contributed by atoms with Gasteiger partial charge >= 0.3 is 0 Å². The summed E-state index contributed by atoms with van der Waals surface area (Å²) < 4.78 is 1.17. The van der Waals surface area contributed by atoms with Gasteiger partial charge in [0, 0.05) is 11.0 Å². The Kier molecular flexibility index (Phi) is 2.69. The summed E-state index contributed by atoms with van der Waals surface area (Å²) >= 11 is 3.44. The summed E-state index contributed by atoms with van der Waals surface area (Å²) in [5.74, 6) is 0.637. The third-order valence-corrected chi connectivity index (χ3v) is 2.13. The molecular weight excluding hydrogens is 190 g/mol. The molecule has 0 aliphatic heterocycles. The van der Waals surface area contributed by atoms with E-state index in [0.29, 0.717) is 12.5 Å². The first-order valence-corrected chi connectivity index (χ1v) is 4.28. The first-order chi connectivity index (χ1) is 4.72. The van der Waals surface area contributed by atoms with Crippen molar-refractivity contribution < 1.29 is 0 Å². The van der Waals surface area contributed by atoms with E-state index in [2.05, 4.69) is 35.0 Å². The van der Waals surface area contributed by atoms with E-state index in [9.17, 15) is 0 Å². The standard InChI is InChI=1S/C8H12BrN/c1-6-2-7(5-10)4-8(9)3-6/h3-4,6H,2,5,10H2,1H3. The third kappa shape index (κ3) is 1.96. The number of nitrogens with two attached hydrogens (primary N) is 1. The highest BCUT2D eigenvalue weighted by Crippen LogP contribution is 2.24. The summed E-state index contributed by atoms with van der Waals surface area (Å²) in [7, 11) is 0. The molecule has 0 radical (unpaired) electrons. The van der Waals surface area contributed by atoms with Gasteiger partial charge in [-0.1, -0.05) is 34.5 Å². The molecule has 0 bridgehead atoms. The van der Waals surface area contributed by atoms with Gasteiger partial charge in [-0.25, -0.2) is 0 Å². The Morgan fingerprint density at radius 3 is 3.00 bits per heavy atom. The van der Waals surface area contributed by atoms with Crippen molar-refractivity contribution in [3.8, 4) is 0 Å². The van der Waals surface area contributed by atoms with Gasteiger partial charge in [0.25, 0.3) is 0 Å². The van der Waals surface area contributed by atoms with E-state index >= 15 is 0 Å². The zero-order valence-corrected chi connectivity index (χ0v) is 7.69. The van der Waals surface area contributed by atoms with Gasteiger partial charge < -0.3 is 5.73 Å². The van der Waals surface area contributed by atoms with E-state index in [1.165, 1.54) is 10.1 Å². The summed E-state index contributed by atoms with van der Waals surface area (Å²) in [6.07, 6.45) is 5.44. The van der Waals surface area contributed by atoms with E-state index in [1.54, 1.807) is 0 Å². The maximum Gasteiger partial charge on any atom is 0.0140 e. The Morgan fingerprint density at radius 1 is 1.80 bits per heavy atom. The molecule has 1 nitrogen and oxygen atoms in total. The monoisotopic (exact) mass is 201 g/mol. The van der Waals surface area contributed by atoms with E-state index in [4.69, 9.17) is 5.73 Å². The first-order valence-electron chi connectivity index (χ1n) is 3.49. The molecule has 0 aromatic rings. The molecule has 1 atom stereocenters. The SMILES string of the molecule is CC1C=C(Br)C=C(CN)C1. The Bertz CT molecular complexity index is 182. The van der Waals surface area contributed by atoms with Gasteiger partial charge in [0.15, 0.2) is 0 Å². The molecule has 2 N–H and O–H groups in total. The summed E-state index contributed by atoms with van der Waals surface area (Å²) in [6.45, 7) is 2.89. The van der Waals surface area contributed by atoms with Crippen LogP contribution in [-0.4, -0.2) is 6.54 Å². The van der Waals surface area contributed by atoms with Gasteiger partial charge in [0.2, 0.25) is 0 Å². The average molecular weight is 202 g/mol. The van der Waals surface area contributed by atoms with Crippen LogP contribution in [0.4, 0.5) is 0 Å². The van der Waals surface area contributed by atoms with Gasteiger partial charge in [0.1, 0.15) is 0 Å². The first kappa shape index (κ1) is 8.02. The molecule has 0 aromatic heterocycles. The smallest absolute Gasteiger partial charge is 0.0140 e. The zero-order chi connectivity index (χ0) is 7.56. The van der Waals surface area contributed by atoms with Crippen LogP contribution in [-0.2, 0) is 0 Å². The highest BCUT2D eigenvalue weighted by Gasteiger charge is 2.07. The van der Waals surface area contributed by atoms with Crippen molar-refractivity contribution in [1.82, 2.24) is 0 Å². The maximum absolute atomic E-state index is 5.51. The average Bonchev–Trinajstić information content (AvgIpc) is 1.85. The number of halogens is 1. The lowest BCUT2D eigenvalue weighted by atomic mass is 9.96. The van der Waals surface area contributed by atoms with Crippen LogP contribution in [0.25, 0.3) is 0 Å². The fraction of sp³-hybridized carbons (Fsp3) is 0.500. The van der Waals surface area contributed by atoms with Gasteiger partial charge in [-0.3, -0.25) is 0 Å². The van der Waals surface area contributed by atoms with Crippen LogP contribution in [0.1, 0.15) is 13.3 Å². The molecule has 2 heteroatoms. The Balaban J connectivity index is 2.70. The molecule has 0 heterocycles. The predicted octanol–water partition coefficient (Wildman–Crippen LogP) is 2.19. The van der Waals surface area contributed by atoms with Crippen LogP contribution >= 0.6 is 15.9 Å². The van der Waals surface area contributed by atoms with Crippen molar-refractivity contribution in [2.45, 2.75) is 13.3 Å². The molecule has 0 saturated carbocycles. The zero-order valence-electron chi connectivity index (χ0n) is 6.10. The molecule has 1 aliphatic rings.